The Morgan fingerprint density at radius 1 is 1.08 bits per heavy atom. The molecule has 1 N–H and O–H groups in total. The number of anilines is 1. The number of imidazole rings is 1. The van der Waals surface area contributed by atoms with E-state index in [0.29, 0.717) is 34.8 Å². The molecule has 0 fully saturated rings. The largest absolute Gasteiger partial charge is 0.396 e. The third-order valence-corrected chi connectivity index (χ3v) is 6.28. The van der Waals surface area contributed by atoms with Gasteiger partial charge in [0.2, 0.25) is 5.91 Å². The fourth-order valence-corrected chi connectivity index (χ4v) is 4.18. The molecule has 2 atom stereocenters. The molecule has 1 amide bonds. The van der Waals surface area contributed by atoms with Crippen LogP contribution in [0.3, 0.4) is 0 Å². The van der Waals surface area contributed by atoms with Gasteiger partial charge in [-0.05, 0) is 50.5 Å². The number of carbonyl (C=O) groups excluding carboxylic acids is 1. The molecule has 0 aliphatic carbocycles. The van der Waals surface area contributed by atoms with Crippen LogP contribution in [-0.2, 0) is 4.79 Å². The average molecular weight is 495 g/mol. The van der Waals surface area contributed by atoms with E-state index in [1.54, 1.807) is 41.6 Å². The molecule has 36 heavy (non-hydrogen) atoms. The Bertz CT molecular complexity index is 1360. The smallest absolute Gasteiger partial charge is 0.229 e. The van der Waals surface area contributed by atoms with Gasteiger partial charge in [-0.15, -0.1) is 0 Å². The summed E-state index contributed by atoms with van der Waals surface area (Å²) in [5.41, 5.74) is 2.15. The van der Waals surface area contributed by atoms with Gasteiger partial charge >= 0.3 is 0 Å². The topological polar surface area (TPSA) is 96.5 Å². The standard InChI is InChI=1S/C26H28F2N6O2/c1-4-18(9-10-35)11-24(36)34(17(3)21-7-5-19(27)13-29-21)26-16(2)12-31-25(32-26)22-14-30-23-8-6-20(28)15-33(22)23/h5-8,12-15,17-18,35H,4,9-11H2,1-3H3. The van der Waals surface area contributed by atoms with Crippen molar-refractivity contribution in [3.63, 3.8) is 0 Å². The van der Waals surface area contributed by atoms with Crippen molar-refractivity contribution in [1.29, 1.82) is 0 Å². The summed E-state index contributed by atoms with van der Waals surface area (Å²) in [6, 6.07) is 5.15. The minimum Gasteiger partial charge on any atom is -0.396 e. The van der Waals surface area contributed by atoms with Crippen molar-refractivity contribution < 1.29 is 18.7 Å². The minimum absolute atomic E-state index is 0.0115. The number of hydrogen-bond acceptors (Lipinski definition) is 6. The molecular weight excluding hydrogens is 466 g/mol. The van der Waals surface area contributed by atoms with Gasteiger partial charge in [0.15, 0.2) is 5.82 Å². The number of halogens is 2. The Balaban J connectivity index is 1.80. The zero-order valence-electron chi connectivity index (χ0n) is 20.4. The maximum atomic E-state index is 13.9. The van der Waals surface area contributed by atoms with Gasteiger partial charge in [0, 0.05) is 31.0 Å². The number of rotatable bonds is 9. The van der Waals surface area contributed by atoms with Gasteiger partial charge < -0.3 is 5.11 Å². The summed E-state index contributed by atoms with van der Waals surface area (Å²) in [5, 5.41) is 9.42. The van der Waals surface area contributed by atoms with Gasteiger partial charge in [-0.25, -0.2) is 23.7 Å². The van der Waals surface area contributed by atoms with Crippen LogP contribution in [0.5, 0.6) is 0 Å². The van der Waals surface area contributed by atoms with Crippen molar-refractivity contribution in [2.24, 2.45) is 5.92 Å². The lowest BCUT2D eigenvalue weighted by Crippen LogP contribution is -2.36. The number of aromatic nitrogens is 5. The first-order valence-electron chi connectivity index (χ1n) is 11.8. The van der Waals surface area contributed by atoms with Crippen LogP contribution in [-0.4, -0.2) is 42.0 Å². The minimum atomic E-state index is -0.564. The molecule has 0 aliphatic heterocycles. The van der Waals surface area contributed by atoms with Crippen molar-refractivity contribution in [3.8, 4) is 11.5 Å². The highest BCUT2D eigenvalue weighted by atomic mass is 19.1. The first kappa shape index (κ1) is 25.3. The summed E-state index contributed by atoms with van der Waals surface area (Å²) in [4.78, 5) is 32.9. The second-order valence-corrected chi connectivity index (χ2v) is 8.75. The van der Waals surface area contributed by atoms with Crippen LogP contribution in [0.2, 0.25) is 0 Å². The van der Waals surface area contributed by atoms with E-state index < -0.39 is 17.7 Å². The second kappa shape index (κ2) is 10.9. The fourth-order valence-electron chi connectivity index (χ4n) is 4.18. The van der Waals surface area contributed by atoms with Gasteiger partial charge in [0.25, 0.3) is 0 Å². The first-order valence-corrected chi connectivity index (χ1v) is 11.8. The Hall–Kier alpha value is -3.79. The molecular formula is C26H28F2N6O2. The molecule has 4 rings (SSSR count). The molecule has 10 heteroatoms. The fraction of sp³-hybridized carbons (Fsp3) is 0.346. The molecule has 8 nitrogen and oxygen atoms in total. The molecule has 0 radical (unpaired) electrons. The molecule has 4 aromatic rings. The SMILES string of the molecule is CCC(CCO)CC(=O)N(c1nc(-c2cnc3ccc(F)cn23)ncc1C)C(C)c1ccc(F)cn1. The lowest BCUT2D eigenvalue weighted by atomic mass is 9.97. The van der Waals surface area contributed by atoms with E-state index in [4.69, 9.17) is 4.98 Å². The molecule has 0 aliphatic rings. The van der Waals surface area contributed by atoms with E-state index in [9.17, 15) is 18.7 Å². The van der Waals surface area contributed by atoms with E-state index in [1.165, 1.54) is 24.4 Å². The zero-order valence-corrected chi connectivity index (χ0v) is 20.4. The number of aliphatic hydroxyl groups is 1. The monoisotopic (exact) mass is 494 g/mol. The number of amides is 1. The normalized spacial score (nSPS) is 13.1. The van der Waals surface area contributed by atoms with Crippen molar-refractivity contribution in [1.82, 2.24) is 24.3 Å². The molecule has 2 unspecified atom stereocenters. The van der Waals surface area contributed by atoms with E-state index in [0.717, 1.165) is 12.6 Å². The third-order valence-electron chi connectivity index (χ3n) is 6.28. The lowest BCUT2D eigenvalue weighted by Gasteiger charge is -2.30. The number of carbonyl (C=O) groups is 1. The predicted molar refractivity (Wildman–Crippen MR) is 131 cm³/mol. The number of aliphatic hydroxyl groups excluding tert-OH is 1. The van der Waals surface area contributed by atoms with Gasteiger partial charge in [0.1, 0.15) is 28.8 Å². The van der Waals surface area contributed by atoms with Crippen LogP contribution in [0, 0.1) is 24.5 Å². The third kappa shape index (κ3) is 5.23. The molecule has 0 saturated heterocycles. The molecule has 0 aromatic carbocycles. The lowest BCUT2D eigenvalue weighted by molar-refractivity contribution is -0.120. The van der Waals surface area contributed by atoms with Crippen LogP contribution in [0.25, 0.3) is 17.2 Å². The van der Waals surface area contributed by atoms with Gasteiger partial charge in [-0.3, -0.25) is 19.1 Å². The number of fused-ring (bicyclic) bond motifs is 1. The molecule has 188 valence electrons. The van der Waals surface area contributed by atoms with Crippen LogP contribution in [0.15, 0.2) is 49.1 Å². The quantitative estimate of drug-likeness (QED) is 0.363. The molecule has 0 bridgehead atoms. The molecule has 0 saturated carbocycles. The highest BCUT2D eigenvalue weighted by molar-refractivity contribution is 5.94. The van der Waals surface area contributed by atoms with Crippen molar-refractivity contribution in [2.75, 3.05) is 11.5 Å². The van der Waals surface area contributed by atoms with Crippen LogP contribution >= 0.6 is 0 Å². The molecule has 0 spiro atoms. The number of nitrogens with zero attached hydrogens (tertiary/aromatic N) is 6. The van der Waals surface area contributed by atoms with Crippen molar-refractivity contribution in [2.45, 2.75) is 46.1 Å². The Labute approximate surface area is 207 Å². The van der Waals surface area contributed by atoms with Gasteiger partial charge in [0.05, 0.1) is 24.1 Å². The average Bonchev–Trinajstić information content (AvgIpc) is 3.28. The maximum Gasteiger partial charge on any atom is 0.229 e. The van der Waals surface area contributed by atoms with Crippen LogP contribution < -0.4 is 4.90 Å². The highest BCUT2D eigenvalue weighted by Crippen LogP contribution is 2.31. The molecule has 4 heterocycles. The van der Waals surface area contributed by atoms with Crippen LogP contribution in [0.1, 0.15) is 50.4 Å². The Morgan fingerprint density at radius 2 is 1.86 bits per heavy atom. The van der Waals surface area contributed by atoms with E-state index in [2.05, 4.69) is 15.0 Å². The predicted octanol–water partition coefficient (Wildman–Crippen LogP) is 4.67. The summed E-state index contributed by atoms with van der Waals surface area (Å²) >= 11 is 0. The first-order chi connectivity index (χ1) is 17.3. The van der Waals surface area contributed by atoms with E-state index >= 15 is 0 Å². The summed E-state index contributed by atoms with van der Waals surface area (Å²) < 4.78 is 29.0. The van der Waals surface area contributed by atoms with E-state index in [-0.39, 0.29) is 30.7 Å². The second-order valence-electron chi connectivity index (χ2n) is 8.75. The number of aryl methyl sites for hydroxylation is 1. The van der Waals surface area contributed by atoms with Crippen LogP contribution in [0.4, 0.5) is 14.6 Å². The Kier molecular flexibility index (Phi) is 7.64. The highest BCUT2D eigenvalue weighted by Gasteiger charge is 2.29. The van der Waals surface area contributed by atoms with E-state index in [1.807, 2.05) is 6.92 Å². The number of pyridine rings is 2. The van der Waals surface area contributed by atoms with Crippen molar-refractivity contribution >= 4 is 17.4 Å². The number of hydrogen-bond donors (Lipinski definition) is 1. The summed E-state index contributed by atoms with van der Waals surface area (Å²) in [6.07, 6.45) is 6.99. The summed E-state index contributed by atoms with van der Waals surface area (Å²) in [7, 11) is 0. The Morgan fingerprint density at radius 3 is 2.56 bits per heavy atom. The maximum absolute atomic E-state index is 13.9. The zero-order chi connectivity index (χ0) is 25.8. The summed E-state index contributed by atoms with van der Waals surface area (Å²) in [5.74, 6) is -0.482. The van der Waals surface area contributed by atoms with Gasteiger partial charge in [-0.1, -0.05) is 13.3 Å². The summed E-state index contributed by atoms with van der Waals surface area (Å²) in [6.45, 7) is 5.56. The van der Waals surface area contributed by atoms with Crippen molar-refractivity contribution in [3.05, 3.63) is 71.9 Å². The van der Waals surface area contributed by atoms with Gasteiger partial charge in [-0.2, -0.15) is 0 Å². The molecule has 4 aromatic heterocycles.